The van der Waals surface area contributed by atoms with Crippen molar-refractivity contribution < 1.29 is 36.7 Å². The fourth-order valence-corrected chi connectivity index (χ4v) is 5.24. The molecule has 11 heteroatoms. The quantitative estimate of drug-likeness (QED) is 0.155. The van der Waals surface area contributed by atoms with E-state index in [1.54, 1.807) is 4.90 Å². The number of cyclic esters (lactones) is 1. The lowest BCUT2D eigenvalue weighted by molar-refractivity contribution is -0.325. The van der Waals surface area contributed by atoms with Gasteiger partial charge in [-0.15, -0.1) is 0 Å². The summed E-state index contributed by atoms with van der Waals surface area (Å²) < 4.78 is 32.5. The third-order valence-corrected chi connectivity index (χ3v) is 6.91. The highest BCUT2D eigenvalue weighted by atomic mass is 32.2. The number of carbonyl (C=O) groups is 2. The van der Waals surface area contributed by atoms with Crippen LogP contribution in [0, 0.1) is 13.8 Å². The molecule has 4 rings (SSSR count). The maximum absolute atomic E-state index is 13.1. The van der Waals surface area contributed by atoms with Crippen LogP contribution < -0.4 is 4.90 Å². The number of β-lactam (4-membered cyclic amide) rings is 1. The van der Waals surface area contributed by atoms with Crippen molar-refractivity contribution in [2.45, 2.75) is 38.9 Å². The number of carbonyl (C=O) groups excluding carboxylic acids is 2. The first-order valence-corrected chi connectivity index (χ1v) is 13.3. The van der Waals surface area contributed by atoms with E-state index in [-0.39, 0.29) is 25.8 Å². The summed E-state index contributed by atoms with van der Waals surface area (Å²) in [6, 6.07) is 13.3. The average Bonchev–Trinajstić information content (AvgIpc) is 3.20. The van der Waals surface area contributed by atoms with Gasteiger partial charge in [-0.05, 0) is 55.2 Å². The van der Waals surface area contributed by atoms with Gasteiger partial charge in [0.05, 0.1) is 18.2 Å². The van der Waals surface area contributed by atoms with Crippen LogP contribution in [0.4, 0.5) is 10.5 Å². The van der Waals surface area contributed by atoms with Crippen molar-refractivity contribution >= 4 is 27.8 Å². The van der Waals surface area contributed by atoms with E-state index < -0.39 is 27.7 Å². The van der Waals surface area contributed by atoms with Crippen molar-refractivity contribution in [2.24, 2.45) is 0 Å². The van der Waals surface area contributed by atoms with Crippen LogP contribution in [0.5, 0.6) is 0 Å². The number of nitrogens with zero attached hydrogens (tertiary/aromatic N) is 2. The number of hydrogen-bond acceptors (Lipinski definition) is 8. The molecule has 2 fully saturated rings. The number of likely N-dealkylation sites (tertiary alicyclic amines) is 1. The van der Waals surface area contributed by atoms with Crippen LogP contribution in [0.1, 0.15) is 29.2 Å². The molecule has 2 heterocycles. The van der Waals surface area contributed by atoms with Crippen molar-refractivity contribution in [1.29, 1.82) is 0 Å². The van der Waals surface area contributed by atoms with E-state index in [9.17, 15) is 18.0 Å². The summed E-state index contributed by atoms with van der Waals surface area (Å²) in [7, 11) is -3.64. The minimum atomic E-state index is -3.64. The van der Waals surface area contributed by atoms with Crippen LogP contribution in [0.3, 0.4) is 0 Å². The molecule has 0 aromatic heterocycles. The maximum Gasteiger partial charge on any atom is 0.414 e. The number of aryl methyl sites for hydroxylation is 2. The zero-order valence-corrected chi connectivity index (χ0v) is 21.5. The summed E-state index contributed by atoms with van der Waals surface area (Å²) in [5, 5.41) is 0. The maximum atomic E-state index is 13.1. The van der Waals surface area contributed by atoms with Crippen LogP contribution in [0.25, 0.3) is 0 Å². The highest BCUT2D eigenvalue weighted by Gasteiger charge is 2.51. The molecule has 1 unspecified atom stereocenters. The van der Waals surface area contributed by atoms with Gasteiger partial charge in [-0.2, -0.15) is 8.42 Å². The lowest BCUT2D eigenvalue weighted by Gasteiger charge is -2.47. The van der Waals surface area contributed by atoms with E-state index in [0.717, 1.165) is 28.5 Å². The topological polar surface area (TPSA) is 112 Å². The van der Waals surface area contributed by atoms with E-state index >= 15 is 0 Å². The molecule has 0 radical (unpaired) electrons. The lowest BCUT2D eigenvalue weighted by Crippen LogP contribution is -2.63. The van der Waals surface area contributed by atoms with Crippen LogP contribution in [0.15, 0.2) is 42.5 Å². The van der Waals surface area contributed by atoms with Gasteiger partial charge in [0.25, 0.3) is 10.1 Å². The van der Waals surface area contributed by atoms with Gasteiger partial charge in [-0.25, -0.2) is 14.6 Å². The first kappa shape index (κ1) is 26.1. The predicted octanol–water partition coefficient (Wildman–Crippen LogP) is 2.81. The second kappa shape index (κ2) is 10.2. The third kappa shape index (κ3) is 5.54. The van der Waals surface area contributed by atoms with Crippen molar-refractivity contribution in [3.05, 3.63) is 64.7 Å². The Balaban J connectivity index is 1.37. The monoisotopic (exact) mass is 518 g/mol. The van der Waals surface area contributed by atoms with Gasteiger partial charge in [-0.1, -0.05) is 30.3 Å². The SMILES string of the molecule is Cc1cc(N2C[C@H](COS(C)(=O)=O)OC2=O)cc(C)c1C1(C)CN(COOCc2ccccc2)C1=O. The highest BCUT2D eigenvalue weighted by Crippen LogP contribution is 2.41. The Morgan fingerprint density at radius 2 is 1.75 bits per heavy atom. The average molecular weight is 519 g/mol. The Hall–Kier alpha value is -2.99. The first-order chi connectivity index (χ1) is 17.0. The number of rotatable bonds is 10. The van der Waals surface area contributed by atoms with E-state index in [2.05, 4.69) is 0 Å². The highest BCUT2D eigenvalue weighted by molar-refractivity contribution is 7.85. The smallest absolute Gasteiger partial charge is 0.414 e. The van der Waals surface area contributed by atoms with E-state index in [1.165, 1.54) is 4.90 Å². The molecule has 2 aliphatic heterocycles. The van der Waals surface area contributed by atoms with E-state index in [1.807, 2.05) is 63.2 Å². The van der Waals surface area contributed by atoms with Gasteiger partial charge in [0, 0.05) is 12.2 Å². The van der Waals surface area contributed by atoms with Gasteiger partial charge < -0.3 is 9.64 Å². The molecular weight excluding hydrogens is 488 g/mol. The summed E-state index contributed by atoms with van der Waals surface area (Å²) in [6.45, 7) is 6.42. The van der Waals surface area contributed by atoms with Gasteiger partial charge in [0.15, 0.2) is 6.73 Å². The number of benzene rings is 2. The molecule has 2 amide bonds. The zero-order chi connectivity index (χ0) is 26.1. The minimum Gasteiger partial charge on any atom is -0.441 e. The van der Waals surface area contributed by atoms with Crippen molar-refractivity contribution in [2.75, 3.05) is 37.6 Å². The van der Waals surface area contributed by atoms with E-state index in [4.69, 9.17) is 18.7 Å². The molecule has 2 aromatic carbocycles. The second-order valence-electron chi connectivity index (χ2n) is 9.39. The molecule has 2 saturated heterocycles. The fraction of sp³-hybridized carbons (Fsp3) is 0.440. The molecule has 10 nitrogen and oxygen atoms in total. The number of ether oxygens (including phenoxy) is 1. The summed E-state index contributed by atoms with van der Waals surface area (Å²) >= 11 is 0. The molecule has 2 aliphatic rings. The second-order valence-corrected chi connectivity index (χ2v) is 11.0. The predicted molar refractivity (Wildman–Crippen MR) is 131 cm³/mol. The van der Waals surface area contributed by atoms with Crippen LogP contribution in [-0.2, 0) is 45.6 Å². The Labute approximate surface area is 210 Å². The summed E-state index contributed by atoms with van der Waals surface area (Å²) in [6.07, 6.45) is -0.329. The van der Waals surface area contributed by atoms with Gasteiger partial charge in [-0.3, -0.25) is 13.9 Å². The molecule has 36 heavy (non-hydrogen) atoms. The molecule has 0 spiro atoms. The lowest BCUT2D eigenvalue weighted by atomic mass is 9.71. The molecular formula is C25H30N2O8S. The van der Waals surface area contributed by atoms with Crippen LogP contribution in [-0.4, -0.2) is 64.1 Å². The largest absolute Gasteiger partial charge is 0.441 e. The first-order valence-electron chi connectivity index (χ1n) is 11.5. The number of amides is 2. The zero-order valence-electron chi connectivity index (χ0n) is 20.7. The van der Waals surface area contributed by atoms with Gasteiger partial charge >= 0.3 is 6.09 Å². The molecule has 0 N–H and O–H groups in total. The summed E-state index contributed by atoms with van der Waals surface area (Å²) in [5.74, 6) is -0.0664. The summed E-state index contributed by atoms with van der Waals surface area (Å²) in [5.41, 5.74) is 3.51. The molecule has 2 aromatic rings. The Morgan fingerprint density at radius 1 is 1.08 bits per heavy atom. The normalized spacial score (nSPS) is 22.1. The molecule has 0 aliphatic carbocycles. The van der Waals surface area contributed by atoms with Crippen molar-refractivity contribution in [3.63, 3.8) is 0 Å². The van der Waals surface area contributed by atoms with Crippen molar-refractivity contribution in [1.82, 2.24) is 4.90 Å². The number of anilines is 1. The molecule has 2 atom stereocenters. The van der Waals surface area contributed by atoms with Crippen LogP contribution >= 0.6 is 0 Å². The Bertz CT molecular complexity index is 1230. The minimum absolute atomic E-state index is 0.0357. The van der Waals surface area contributed by atoms with Gasteiger partial charge in [0.1, 0.15) is 19.3 Å². The number of hydrogen-bond donors (Lipinski definition) is 0. The van der Waals surface area contributed by atoms with Crippen LogP contribution in [0.2, 0.25) is 0 Å². The van der Waals surface area contributed by atoms with E-state index in [0.29, 0.717) is 18.8 Å². The van der Waals surface area contributed by atoms with Crippen molar-refractivity contribution in [3.8, 4) is 0 Å². The molecule has 194 valence electrons. The standard InChI is InChI=1S/C25H30N2O8S/c1-17-10-20(27-12-21(35-24(27)29)14-34-36(4,30)31)11-18(2)22(17)25(3)15-26(23(25)28)16-33-32-13-19-8-6-5-7-9-19/h5-11,21H,12-16H2,1-4H3/t21-,25?/m1/s1. The summed E-state index contributed by atoms with van der Waals surface area (Å²) in [4.78, 5) is 39.0. The Morgan fingerprint density at radius 3 is 2.36 bits per heavy atom. The third-order valence-electron chi connectivity index (χ3n) is 6.35. The fourth-order valence-electron chi connectivity index (χ4n) is 4.84. The molecule has 0 saturated carbocycles. The molecule has 0 bridgehead atoms. The van der Waals surface area contributed by atoms with Gasteiger partial charge in [0.2, 0.25) is 5.91 Å². The Kier molecular flexibility index (Phi) is 7.37.